The molecule has 0 radical (unpaired) electrons. The highest BCUT2D eigenvalue weighted by Crippen LogP contribution is 2.25. The molecule has 3 N–H and O–H groups in total. The Morgan fingerprint density at radius 1 is 0.918 bits per heavy atom. The normalized spacial score (nSPS) is 22.7. The summed E-state index contributed by atoms with van der Waals surface area (Å²) in [7, 11) is 0. The van der Waals surface area contributed by atoms with Gasteiger partial charge in [-0.25, -0.2) is 0 Å². The average molecular weight is 698 g/mol. The van der Waals surface area contributed by atoms with Crippen LogP contribution < -0.4 is 16.0 Å². The zero-order valence-corrected chi connectivity index (χ0v) is 29.9. The zero-order valence-electron chi connectivity index (χ0n) is 29.1. The number of nitrogens with one attached hydrogen (secondary N) is 3. The largest absolute Gasteiger partial charge is 0.347 e. The van der Waals surface area contributed by atoms with E-state index in [2.05, 4.69) is 16.0 Å². The lowest BCUT2D eigenvalue weighted by atomic mass is 9.93. The van der Waals surface area contributed by atoms with Gasteiger partial charge in [-0.05, 0) is 56.9 Å². The summed E-state index contributed by atoms with van der Waals surface area (Å²) in [6.07, 6.45) is 8.82. The molecule has 2 aromatic rings. The molecule has 268 valence electrons. The van der Waals surface area contributed by atoms with E-state index in [-0.39, 0.29) is 29.6 Å². The van der Waals surface area contributed by atoms with Crippen molar-refractivity contribution < 1.29 is 28.8 Å². The van der Waals surface area contributed by atoms with Crippen molar-refractivity contribution in [3.05, 3.63) is 36.0 Å². The Labute approximate surface area is 294 Å². The summed E-state index contributed by atoms with van der Waals surface area (Å²) >= 11 is 5.91. The maximum absolute atomic E-state index is 14.4. The lowest BCUT2D eigenvalue weighted by Gasteiger charge is -2.39. The van der Waals surface area contributed by atoms with Crippen LogP contribution in [0.4, 0.5) is 0 Å². The number of Topliss-reactive ketones (excluding diaryl/α,β-unsaturated/α-hetero) is 2. The van der Waals surface area contributed by atoms with Crippen LogP contribution in [0, 0.1) is 5.92 Å². The molecular formula is C37H52ClN5O6. The summed E-state index contributed by atoms with van der Waals surface area (Å²) in [6, 6.07) is 2.95. The van der Waals surface area contributed by atoms with Gasteiger partial charge in [0, 0.05) is 54.5 Å². The number of rotatable bonds is 15. The van der Waals surface area contributed by atoms with Crippen molar-refractivity contribution in [2.45, 2.75) is 129 Å². The number of piperidine rings is 1. The van der Waals surface area contributed by atoms with Crippen molar-refractivity contribution in [1.29, 1.82) is 0 Å². The van der Waals surface area contributed by atoms with Crippen LogP contribution in [0.25, 0.3) is 10.9 Å². The quantitative estimate of drug-likeness (QED) is 0.107. The third-order valence-electron chi connectivity index (χ3n) is 9.99. The molecule has 1 aromatic carbocycles. The van der Waals surface area contributed by atoms with Crippen molar-refractivity contribution in [2.24, 2.45) is 5.92 Å². The standard InChI is InChI=1S/C37H52ClN5O6/c1-4-24(3)31-37(49)43-22-13-11-19-30(43)35(47)39-28(17-8-6-7-15-25(44)5-2)34(46)41-32(36(48)40-31)33(45)27-23-42(21-14-12-20-38)29-18-10-9-16-26(27)29/h9-10,16,18,23-24,28,30-32H,4-8,11-15,17,19-22H2,1-3H3,(H,39,47)(H,40,48)(H,41,46)/t24?,28-,30?,31-,32-/m0/s1. The fourth-order valence-electron chi connectivity index (χ4n) is 6.78. The summed E-state index contributed by atoms with van der Waals surface area (Å²) in [5, 5.41) is 9.06. The third kappa shape index (κ3) is 9.50. The molecule has 4 rings (SSSR count). The number of aryl methyl sites for hydroxylation is 1. The van der Waals surface area contributed by atoms with Gasteiger partial charge >= 0.3 is 0 Å². The molecule has 2 saturated heterocycles. The smallest absolute Gasteiger partial charge is 0.251 e. The van der Waals surface area contributed by atoms with Crippen LogP contribution in [0.3, 0.4) is 0 Å². The van der Waals surface area contributed by atoms with Crippen LogP contribution in [0.2, 0.25) is 0 Å². The van der Waals surface area contributed by atoms with Crippen molar-refractivity contribution in [1.82, 2.24) is 25.4 Å². The summed E-state index contributed by atoms with van der Waals surface area (Å²) in [5.41, 5.74) is 1.09. The van der Waals surface area contributed by atoms with Gasteiger partial charge in [0.25, 0.3) is 5.91 Å². The molecule has 0 aliphatic carbocycles. The summed E-state index contributed by atoms with van der Waals surface area (Å²) in [4.78, 5) is 83.9. The van der Waals surface area contributed by atoms with E-state index in [1.165, 1.54) is 4.90 Å². The molecule has 3 heterocycles. The number of carbonyl (C=O) groups is 6. The number of aromatic nitrogens is 1. The Kier molecular flexibility index (Phi) is 14.2. The number of fused-ring (bicyclic) bond motifs is 2. The number of alkyl halides is 1. The average Bonchev–Trinajstić information content (AvgIpc) is 3.49. The van der Waals surface area contributed by atoms with E-state index in [0.717, 1.165) is 24.8 Å². The second kappa shape index (κ2) is 18.3. The number of ketones is 2. The molecule has 12 heteroatoms. The van der Waals surface area contributed by atoms with Crippen LogP contribution in [0.5, 0.6) is 0 Å². The number of amides is 4. The number of carbonyl (C=O) groups excluding carboxylic acids is 6. The minimum absolute atomic E-state index is 0.169. The molecule has 2 aliphatic heterocycles. The highest BCUT2D eigenvalue weighted by molar-refractivity contribution is 6.20. The SMILES string of the molecule is CCC(=O)CCCCC[C@@H]1NC(=O)C2CCCCN2C(=O)[C@H](C(C)CC)NC(=O)[C@H](C(=O)c2cn(CCCCCl)c3ccccc23)NC1=O. The number of unbranched alkanes of at least 4 members (excludes halogenated alkanes) is 3. The van der Waals surface area contributed by atoms with Crippen molar-refractivity contribution >= 4 is 57.7 Å². The maximum Gasteiger partial charge on any atom is 0.251 e. The zero-order chi connectivity index (χ0) is 35.5. The van der Waals surface area contributed by atoms with Crippen LogP contribution >= 0.6 is 11.6 Å². The van der Waals surface area contributed by atoms with Crippen molar-refractivity contribution in [3.63, 3.8) is 0 Å². The Hall–Kier alpha value is -3.73. The number of halogens is 1. The minimum Gasteiger partial charge on any atom is -0.347 e. The summed E-state index contributed by atoms with van der Waals surface area (Å²) in [6.45, 7) is 6.55. The Balaban J connectivity index is 1.71. The second-order valence-corrected chi connectivity index (χ2v) is 13.8. The number of hydrogen-bond donors (Lipinski definition) is 3. The van der Waals surface area contributed by atoms with Crippen LogP contribution in [0.15, 0.2) is 30.5 Å². The van der Waals surface area contributed by atoms with Crippen LogP contribution in [-0.2, 0) is 30.5 Å². The third-order valence-corrected chi connectivity index (χ3v) is 10.3. The van der Waals surface area contributed by atoms with E-state index in [0.29, 0.717) is 75.7 Å². The van der Waals surface area contributed by atoms with E-state index in [9.17, 15) is 28.8 Å². The first-order valence-corrected chi connectivity index (χ1v) is 18.6. The fraction of sp³-hybridized carbons (Fsp3) is 0.622. The number of nitrogens with zero attached hydrogens (tertiary/aromatic N) is 2. The Morgan fingerprint density at radius 3 is 2.43 bits per heavy atom. The Morgan fingerprint density at radius 2 is 1.69 bits per heavy atom. The van der Waals surface area contributed by atoms with Crippen LogP contribution in [-0.4, -0.2) is 81.3 Å². The van der Waals surface area contributed by atoms with Gasteiger partial charge in [0.1, 0.15) is 23.9 Å². The monoisotopic (exact) mass is 697 g/mol. The first-order valence-electron chi connectivity index (χ1n) is 18.0. The van der Waals surface area contributed by atoms with Crippen LogP contribution in [0.1, 0.15) is 108 Å². The topological polar surface area (TPSA) is 147 Å². The van der Waals surface area contributed by atoms with E-state index in [1.54, 1.807) is 6.20 Å². The van der Waals surface area contributed by atoms with Gasteiger partial charge in [0.05, 0.1) is 0 Å². The number of para-hydroxylation sites is 1. The molecule has 11 nitrogen and oxygen atoms in total. The minimum atomic E-state index is -1.65. The molecule has 5 atom stereocenters. The second-order valence-electron chi connectivity index (χ2n) is 13.4. The van der Waals surface area contributed by atoms with Crippen molar-refractivity contribution in [3.8, 4) is 0 Å². The van der Waals surface area contributed by atoms with Gasteiger partial charge in [-0.2, -0.15) is 0 Å². The highest BCUT2D eigenvalue weighted by atomic mass is 35.5. The number of benzene rings is 1. The summed E-state index contributed by atoms with van der Waals surface area (Å²) < 4.78 is 1.96. The molecule has 2 fully saturated rings. The lowest BCUT2D eigenvalue weighted by molar-refractivity contribution is -0.147. The molecule has 0 bridgehead atoms. The Bertz CT molecular complexity index is 1510. The van der Waals surface area contributed by atoms with Gasteiger partial charge in [-0.3, -0.25) is 28.8 Å². The molecular weight excluding hydrogens is 646 g/mol. The molecule has 2 aliphatic rings. The lowest BCUT2D eigenvalue weighted by Crippen LogP contribution is -2.65. The first kappa shape index (κ1) is 38.1. The molecule has 1 aromatic heterocycles. The van der Waals surface area contributed by atoms with E-state index in [4.69, 9.17) is 11.6 Å². The highest BCUT2D eigenvalue weighted by Gasteiger charge is 2.42. The van der Waals surface area contributed by atoms with Gasteiger partial charge in [-0.15, -0.1) is 11.6 Å². The maximum atomic E-state index is 14.4. The molecule has 49 heavy (non-hydrogen) atoms. The predicted octanol–water partition coefficient (Wildman–Crippen LogP) is 4.67. The van der Waals surface area contributed by atoms with Crippen molar-refractivity contribution in [2.75, 3.05) is 12.4 Å². The molecule has 4 amide bonds. The van der Waals surface area contributed by atoms with E-state index < -0.39 is 47.7 Å². The molecule has 0 saturated carbocycles. The molecule has 0 spiro atoms. The first-order chi connectivity index (χ1) is 23.6. The fourth-order valence-corrected chi connectivity index (χ4v) is 6.97. The van der Waals surface area contributed by atoms with E-state index >= 15 is 0 Å². The van der Waals surface area contributed by atoms with Gasteiger partial charge in [0.15, 0.2) is 11.8 Å². The number of hydrogen-bond acceptors (Lipinski definition) is 6. The summed E-state index contributed by atoms with van der Waals surface area (Å²) in [5.74, 6) is -2.43. The van der Waals surface area contributed by atoms with Gasteiger partial charge < -0.3 is 25.4 Å². The van der Waals surface area contributed by atoms with Gasteiger partial charge in [-0.1, -0.05) is 58.2 Å². The molecule has 2 unspecified atom stereocenters. The van der Waals surface area contributed by atoms with E-state index in [1.807, 2.05) is 49.6 Å². The van der Waals surface area contributed by atoms with Gasteiger partial charge in [0.2, 0.25) is 17.7 Å². The predicted molar refractivity (Wildman–Crippen MR) is 189 cm³/mol.